The predicted molar refractivity (Wildman–Crippen MR) is 74.7 cm³/mol. The van der Waals surface area contributed by atoms with Crippen molar-refractivity contribution in [2.24, 2.45) is 0 Å². The summed E-state index contributed by atoms with van der Waals surface area (Å²) in [6, 6.07) is 2.69. The number of anilines is 1. The van der Waals surface area contributed by atoms with Crippen LogP contribution in [0, 0.1) is 0 Å². The van der Waals surface area contributed by atoms with Crippen molar-refractivity contribution in [3.8, 4) is 0 Å². The maximum atomic E-state index is 10.4. The first-order valence-electron chi connectivity index (χ1n) is 5.75. The fourth-order valence-electron chi connectivity index (χ4n) is 1.03. The van der Waals surface area contributed by atoms with Crippen LogP contribution in [-0.2, 0) is 4.74 Å². The molecule has 102 valence electrons. The quantitative estimate of drug-likeness (QED) is 0.644. The Kier molecular flexibility index (Phi) is 9.22. The molecule has 0 aliphatic carbocycles. The first-order valence-corrected chi connectivity index (χ1v) is 6.54. The van der Waals surface area contributed by atoms with Gasteiger partial charge in [0.25, 0.3) is 0 Å². The van der Waals surface area contributed by atoms with Gasteiger partial charge in [0.1, 0.15) is 10.4 Å². The highest BCUT2D eigenvalue weighted by molar-refractivity contribution is 9.10. The van der Waals surface area contributed by atoms with Crippen molar-refractivity contribution in [2.45, 2.75) is 26.7 Å². The summed E-state index contributed by atoms with van der Waals surface area (Å²) in [6.45, 7) is 5.99. The van der Waals surface area contributed by atoms with Crippen LogP contribution in [0.1, 0.15) is 37.0 Å². The SMILES string of the molecule is CCCCOCC.Nc1cc(C(=O)O)cc(Br)n1. The Morgan fingerprint density at radius 3 is 2.61 bits per heavy atom. The summed E-state index contributed by atoms with van der Waals surface area (Å²) in [7, 11) is 0. The van der Waals surface area contributed by atoms with E-state index in [0.717, 1.165) is 13.2 Å². The topological polar surface area (TPSA) is 85.4 Å². The largest absolute Gasteiger partial charge is 0.478 e. The van der Waals surface area contributed by atoms with E-state index in [9.17, 15) is 4.79 Å². The third kappa shape index (κ3) is 8.03. The number of carboxylic acid groups (broad SMARTS) is 1. The van der Waals surface area contributed by atoms with E-state index in [1.807, 2.05) is 6.92 Å². The van der Waals surface area contributed by atoms with Gasteiger partial charge in [-0.05, 0) is 41.4 Å². The molecule has 0 aliphatic rings. The van der Waals surface area contributed by atoms with Gasteiger partial charge in [-0.1, -0.05) is 13.3 Å². The van der Waals surface area contributed by atoms with Crippen molar-refractivity contribution in [1.29, 1.82) is 0 Å². The summed E-state index contributed by atoms with van der Waals surface area (Å²) < 4.78 is 5.50. The van der Waals surface area contributed by atoms with E-state index in [4.69, 9.17) is 15.6 Å². The van der Waals surface area contributed by atoms with Crippen LogP contribution in [0.15, 0.2) is 16.7 Å². The lowest BCUT2D eigenvalue weighted by atomic mass is 10.3. The first kappa shape index (κ1) is 16.9. The van der Waals surface area contributed by atoms with Gasteiger partial charge < -0.3 is 15.6 Å². The molecule has 1 heterocycles. The molecule has 1 aromatic rings. The molecule has 0 aliphatic heterocycles. The smallest absolute Gasteiger partial charge is 0.335 e. The highest BCUT2D eigenvalue weighted by atomic mass is 79.9. The maximum Gasteiger partial charge on any atom is 0.335 e. The van der Waals surface area contributed by atoms with Crippen LogP contribution < -0.4 is 5.73 Å². The van der Waals surface area contributed by atoms with E-state index in [-0.39, 0.29) is 11.4 Å². The molecule has 0 amide bonds. The lowest BCUT2D eigenvalue weighted by Gasteiger charge is -1.96. The van der Waals surface area contributed by atoms with Crippen LogP contribution in [0.2, 0.25) is 0 Å². The second-order valence-corrected chi connectivity index (χ2v) is 4.27. The van der Waals surface area contributed by atoms with Crippen molar-refractivity contribution in [3.05, 3.63) is 22.3 Å². The van der Waals surface area contributed by atoms with Crippen LogP contribution >= 0.6 is 15.9 Å². The van der Waals surface area contributed by atoms with E-state index in [2.05, 4.69) is 27.8 Å². The molecule has 0 saturated heterocycles. The summed E-state index contributed by atoms with van der Waals surface area (Å²) >= 11 is 3.03. The van der Waals surface area contributed by atoms with Crippen LogP contribution in [0.25, 0.3) is 0 Å². The third-order valence-electron chi connectivity index (χ3n) is 1.91. The molecule has 1 aromatic heterocycles. The number of ether oxygens (including phenoxy) is 1. The minimum Gasteiger partial charge on any atom is -0.478 e. The average molecular weight is 319 g/mol. The number of nitrogens with zero attached hydrogens (tertiary/aromatic N) is 1. The lowest BCUT2D eigenvalue weighted by Crippen LogP contribution is -1.99. The number of carbonyl (C=O) groups is 1. The van der Waals surface area contributed by atoms with E-state index >= 15 is 0 Å². The number of unbranched alkanes of at least 4 members (excludes halogenated alkanes) is 1. The van der Waals surface area contributed by atoms with Gasteiger partial charge in [-0.3, -0.25) is 0 Å². The Morgan fingerprint density at radius 2 is 2.17 bits per heavy atom. The molecule has 0 atom stereocenters. The molecule has 6 heteroatoms. The first-order chi connectivity index (χ1) is 8.51. The molecule has 0 radical (unpaired) electrons. The highest BCUT2D eigenvalue weighted by Gasteiger charge is 2.04. The number of nitrogen functional groups attached to an aromatic ring is 1. The van der Waals surface area contributed by atoms with E-state index in [0.29, 0.717) is 4.60 Å². The van der Waals surface area contributed by atoms with Gasteiger partial charge in [-0.25, -0.2) is 9.78 Å². The van der Waals surface area contributed by atoms with Crippen LogP contribution in [0.5, 0.6) is 0 Å². The number of aromatic carboxylic acids is 1. The molecule has 5 nitrogen and oxygen atoms in total. The van der Waals surface area contributed by atoms with Crippen molar-refractivity contribution in [3.63, 3.8) is 0 Å². The average Bonchev–Trinajstić information content (AvgIpc) is 2.29. The summed E-state index contributed by atoms with van der Waals surface area (Å²) in [5.74, 6) is -0.823. The molecule has 18 heavy (non-hydrogen) atoms. The fourth-order valence-corrected chi connectivity index (χ4v) is 1.48. The molecule has 0 fully saturated rings. The highest BCUT2D eigenvalue weighted by Crippen LogP contribution is 2.12. The lowest BCUT2D eigenvalue weighted by molar-refractivity contribution is 0.0696. The molecular formula is C12H19BrN2O3. The summed E-state index contributed by atoms with van der Waals surface area (Å²) in [6.07, 6.45) is 2.44. The Bertz CT molecular complexity index is 348. The second-order valence-electron chi connectivity index (χ2n) is 3.46. The Morgan fingerprint density at radius 1 is 1.50 bits per heavy atom. The zero-order chi connectivity index (χ0) is 14.0. The van der Waals surface area contributed by atoms with E-state index < -0.39 is 5.97 Å². The molecule has 0 saturated carbocycles. The van der Waals surface area contributed by atoms with Gasteiger partial charge in [0.05, 0.1) is 5.56 Å². The molecule has 0 spiro atoms. The Balaban J connectivity index is 0.000000360. The van der Waals surface area contributed by atoms with Gasteiger partial charge in [0.2, 0.25) is 0 Å². The second kappa shape index (κ2) is 9.85. The van der Waals surface area contributed by atoms with Gasteiger partial charge in [-0.2, -0.15) is 0 Å². The molecule has 3 N–H and O–H groups in total. The monoisotopic (exact) mass is 318 g/mol. The maximum absolute atomic E-state index is 10.4. The zero-order valence-corrected chi connectivity index (χ0v) is 12.2. The van der Waals surface area contributed by atoms with Crippen molar-refractivity contribution < 1.29 is 14.6 Å². The number of hydrogen-bond acceptors (Lipinski definition) is 4. The van der Waals surface area contributed by atoms with Gasteiger partial charge in [0, 0.05) is 13.2 Å². The molecule has 0 unspecified atom stereocenters. The fraction of sp³-hybridized carbons (Fsp3) is 0.500. The van der Waals surface area contributed by atoms with E-state index in [1.165, 1.54) is 25.0 Å². The minimum absolute atomic E-state index is 0.129. The van der Waals surface area contributed by atoms with Crippen LogP contribution in [-0.4, -0.2) is 29.3 Å². The number of aromatic nitrogens is 1. The van der Waals surface area contributed by atoms with Crippen molar-refractivity contribution >= 4 is 27.7 Å². The minimum atomic E-state index is -1.01. The molecule has 0 aromatic carbocycles. The standard InChI is InChI=1S/C6H5BrN2O2.C6H14O/c7-4-1-3(6(10)11)2-5(8)9-4;1-3-5-6-7-4-2/h1-2H,(H2,8,9)(H,10,11);3-6H2,1-2H3. The Labute approximate surface area is 115 Å². The van der Waals surface area contributed by atoms with Crippen LogP contribution in [0.4, 0.5) is 5.82 Å². The zero-order valence-electron chi connectivity index (χ0n) is 10.6. The summed E-state index contributed by atoms with van der Waals surface area (Å²) in [5, 5.41) is 8.53. The van der Waals surface area contributed by atoms with Crippen molar-refractivity contribution in [2.75, 3.05) is 18.9 Å². The molecule has 1 rings (SSSR count). The number of pyridine rings is 1. The van der Waals surface area contributed by atoms with Gasteiger partial charge in [0.15, 0.2) is 0 Å². The number of hydrogen-bond donors (Lipinski definition) is 2. The van der Waals surface area contributed by atoms with Gasteiger partial charge >= 0.3 is 5.97 Å². The molecule has 0 bridgehead atoms. The summed E-state index contributed by atoms with van der Waals surface area (Å²) in [5.41, 5.74) is 5.42. The van der Waals surface area contributed by atoms with Crippen LogP contribution in [0.3, 0.4) is 0 Å². The third-order valence-corrected chi connectivity index (χ3v) is 2.31. The normalized spacial score (nSPS) is 9.50. The summed E-state index contributed by atoms with van der Waals surface area (Å²) in [4.78, 5) is 14.1. The van der Waals surface area contributed by atoms with Gasteiger partial charge in [-0.15, -0.1) is 0 Å². The number of rotatable bonds is 5. The van der Waals surface area contributed by atoms with E-state index in [1.54, 1.807) is 0 Å². The number of carboxylic acids is 1. The molecular weight excluding hydrogens is 300 g/mol. The van der Waals surface area contributed by atoms with Crippen molar-refractivity contribution in [1.82, 2.24) is 4.98 Å². The Hall–Kier alpha value is -1.14. The number of nitrogens with two attached hydrogens (primary N) is 1. The predicted octanol–water partition coefficient (Wildman–Crippen LogP) is 2.95. The number of halogens is 1.